The summed E-state index contributed by atoms with van der Waals surface area (Å²) in [6.07, 6.45) is 4.55. The van der Waals surface area contributed by atoms with Crippen LogP contribution in [-0.4, -0.2) is 15.8 Å². The summed E-state index contributed by atoms with van der Waals surface area (Å²) in [6, 6.07) is 0.344. The molecule has 0 saturated carbocycles. The van der Waals surface area contributed by atoms with E-state index in [2.05, 4.69) is 38.2 Å². The van der Waals surface area contributed by atoms with Gasteiger partial charge in [0.05, 0.1) is 5.69 Å². The standard InChI is InChI=1S/C14H28N4/c1-6-12(7-2)8-13(16-15)9-14-10(3)17-18(5)11(14)4/h12-13,16H,6-9,15H2,1-5H3. The number of hydrogen-bond acceptors (Lipinski definition) is 3. The molecule has 3 N–H and O–H groups in total. The predicted octanol–water partition coefficient (Wildman–Crippen LogP) is 2.24. The summed E-state index contributed by atoms with van der Waals surface area (Å²) >= 11 is 0. The molecule has 1 aromatic heterocycles. The summed E-state index contributed by atoms with van der Waals surface area (Å²) in [4.78, 5) is 0. The van der Waals surface area contributed by atoms with Crippen LogP contribution in [0.1, 0.15) is 50.1 Å². The van der Waals surface area contributed by atoms with Gasteiger partial charge in [0.1, 0.15) is 0 Å². The Bertz CT molecular complexity index is 366. The van der Waals surface area contributed by atoms with Gasteiger partial charge in [-0.15, -0.1) is 0 Å². The van der Waals surface area contributed by atoms with Crippen LogP contribution < -0.4 is 11.3 Å². The van der Waals surface area contributed by atoms with E-state index >= 15 is 0 Å². The van der Waals surface area contributed by atoms with E-state index in [-0.39, 0.29) is 0 Å². The third kappa shape index (κ3) is 3.56. The van der Waals surface area contributed by atoms with Crippen molar-refractivity contribution in [2.75, 3.05) is 0 Å². The first-order valence-electron chi connectivity index (χ1n) is 6.98. The van der Waals surface area contributed by atoms with Crippen molar-refractivity contribution in [2.45, 2.75) is 59.4 Å². The topological polar surface area (TPSA) is 55.9 Å². The minimum atomic E-state index is 0.344. The lowest BCUT2D eigenvalue weighted by atomic mass is 9.91. The molecule has 0 spiro atoms. The van der Waals surface area contributed by atoms with Gasteiger partial charge in [0.15, 0.2) is 0 Å². The van der Waals surface area contributed by atoms with Gasteiger partial charge >= 0.3 is 0 Å². The van der Waals surface area contributed by atoms with E-state index in [9.17, 15) is 0 Å². The molecular weight excluding hydrogens is 224 g/mol. The largest absolute Gasteiger partial charge is 0.272 e. The highest BCUT2D eigenvalue weighted by Crippen LogP contribution is 2.20. The lowest BCUT2D eigenvalue weighted by Crippen LogP contribution is -2.38. The molecule has 1 atom stereocenters. The average Bonchev–Trinajstić information content (AvgIpc) is 2.60. The van der Waals surface area contributed by atoms with Crippen molar-refractivity contribution in [2.24, 2.45) is 18.8 Å². The van der Waals surface area contributed by atoms with Gasteiger partial charge in [-0.2, -0.15) is 5.10 Å². The maximum absolute atomic E-state index is 5.71. The van der Waals surface area contributed by atoms with Crippen LogP contribution in [0.3, 0.4) is 0 Å². The summed E-state index contributed by atoms with van der Waals surface area (Å²) < 4.78 is 1.95. The maximum atomic E-state index is 5.71. The first kappa shape index (κ1) is 15.2. The molecule has 0 saturated heterocycles. The monoisotopic (exact) mass is 252 g/mol. The number of rotatable bonds is 7. The van der Waals surface area contributed by atoms with Crippen LogP contribution in [-0.2, 0) is 13.5 Å². The van der Waals surface area contributed by atoms with Crippen molar-refractivity contribution in [1.29, 1.82) is 0 Å². The fourth-order valence-electron chi connectivity index (χ4n) is 2.59. The molecule has 18 heavy (non-hydrogen) atoms. The summed E-state index contributed by atoms with van der Waals surface area (Å²) in [5, 5.41) is 4.47. The fraction of sp³-hybridized carbons (Fsp3) is 0.786. The molecule has 0 fully saturated rings. The molecule has 104 valence electrons. The predicted molar refractivity (Wildman–Crippen MR) is 76.2 cm³/mol. The summed E-state index contributed by atoms with van der Waals surface area (Å²) in [5.41, 5.74) is 6.69. The molecule has 0 aliphatic rings. The molecule has 1 heterocycles. The second-order valence-electron chi connectivity index (χ2n) is 5.26. The highest BCUT2D eigenvalue weighted by molar-refractivity contribution is 5.25. The number of aryl methyl sites for hydroxylation is 2. The second kappa shape index (κ2) is 6.90. The highest BCUT2D eigenvalue weighted by atomic mass is 15.3. The summed E-state index contributed by atoms with van der Waals surface area (Å²) in [6.45, 7) is 8.71. The van der Waals surface area contributed by atoms with Crippen molar-refractivity contribution >= 4 is 0 Å². The quantitative estimate of drug-likeness (QED) is 0.578. The molecule has 0 aliphatic carbocycles. The van der Waals surface area contributed by atoms with E-state index in [0.717, 1.165) is 24.5 Å². The summed E-state index contributed by atoms with van der Waals surface area (Å²) in [5.74, 6) is 6.46. The van der Waals surface area contributed by atoms with Gasteiger partial charge in [-0.05, 0) is 38.2 Å². The molecule has 0 bridgehead atoms. The van der Waals surface area contributed by atoms with Crippen molar-refractivity contribution in [3.63, 3.8) is 0 Å². The van der Waals surface area contributed by atoms with Crippen LogP contribution in [0, 0.1) is 19.8 Å². The third-order valence-electron chi connectivity index (χ3n) is 4.12. The lowest BCUT2D eigenvalue weighted by Gasteiger charge is -2.21. The Kier molecular flexibility index (Phi) is 5.82. The van der Waals surface area contributed by atoms with Gasteiger partial charge < -0.3 is 0 Å². The number of nitrogens with zero attached hydrogens (tertiary/aromatic N) is 2. The first-order valence-corrected chi connectivity index (χ1v) is 6.98. The maximum Gasteiger partial charge on any atom is 0.0628 e. The molecule has 0 aromatic carbocycles. The Balaban J connectivity index is 2.73. The second-order valence-corrected chi connectivity index (χ2v) is 5.26. The number of nitrogens with two attached hydrogens (primary N) is 1. The number of hydrazine groups is 1. The molecule has 0 aliphatic heterocycles. The van der Waals surface area contributed by atoms with Crippen molar-refractivity contribution in [3.8, 4) is 0 Å². The number of nitrogens with one attached hydrogen (secondary N) is 1. The van der Waals surface area contributed by atoms with Crippen molar-refractivity contribution in [1.82, 2.24) is 15.2 Å². The van der Waals surface area contributed by atoms with Crippen LogP contribution in [0.2, 0.25) is 0 Å². The van der Waals surface area contributed by atoms with Crippen LogP contribution >= 0.6 is 0 Å². The molecule has 0 radical (unpaired) electrons. The minimum absolute atomic E-state index is 0.344. The Morgan fingerprint density at radius 2 is 1.89 bits per heavy atom. The lowest BCUT2D eigenvalue weighted by molar-refractivity contribution is 0.366. The van der Waals surface area contributed by atoms with E-state index in [1.165, 1.54) is 24.1 Å². The minimum Gasteiger partial charge on any atom is -0.272 e. The van der Waals surface area contributed by atoms with Crippen LogP contribution in [0.15, 0.2) is 0 Å². The fourth-order valence-corrected chi connectivity index (χ4v) is 2.59. The van der Waals surface area contributed by atoms with Crippen LogP contribution in [0.25, 0.3) is 0 Å². The zero-order valence-corrected chi connectivity index (χ0v) is 12.5. The van der Waals surface area contributed by atoms with Gasteiger partial charge in [0.25, 0.3) is 0 Å². The molecule has 4 nitrogen and oxygen atoms in total. The van der Waals surface area contributed by atoms with Gasteiger partial charge in [-0.1, -0.05) is 26.7 Å². The third-order valence-corrected chi connectivity index (χ3v) is 4.12. The van der Waals surface area contributed by atoms with Gasteiger partial charge in [-0.3, -0.25) is 16.0 Å². The van der Waals surface area contributed by atoms with Crippen molar-refractivity contribution < 1.29 is 0 Å². The van der Waals surface area contributed by atoms with Crippen LogP contribution in [0.4, 0.5) is 0 Å². The van der Waals surface area contributed by atoms with Gasteiger partial charge in [0, 0.05) is 18.8 Å². The molecular formula is C14H28N4. The van der Waals surface area contributed by atoms with Gasteiger partial charge in [-0.25, -0.2) is 0 Å². The van der Waals surface area contributed by atoms with E-state index in [1.54, 1.807) is 0 Å². The number of aromatic nitrogens is 2. The Labute approximate surface area is 111 Å². The summed E-state index contributed by atoms with van der Waals surface area (Å²) in [7, 11) is 2.00. The normalized spacial score (nSPS) is 13.3. The number of hydrogen-bond donors (Lipinski definition) is 2. The Morgan fingerprint density at radius 1 is 1.28 bits per heavy atom. The van der Waals surface area contributed by atoms with Gasteiger partial charge in [0.2, 0.25) is 0 Å². The van der Waals surface area contributed by atoms with Crippen LogP contribution in [0.5, 0.6) is 0 Å². The zero-order valence-electron chi connectivity index (χ0n) is 12.5. The van der Waals surface area contributed by atoms with E-state index in [4.69, 9.17) is 5.84 Å². The highest BCUT2D eigenvalue weighted by Gasteiger charge is 2.17. The molecule has 1 rings (SSSR count). The molecule has 0 amide bonds. The Hall–Kier alpha value is -0.870. The smallest absolute Gasteiger partial charge is 0.0628 e. The molecule has 1 aromatic rings. The molecule has 1 unspecified atom stereocenters. The average molecular weight is 252 g/mol. The van der Waals surface area contributed by atoms with E-state index < -0.39 is 0 Å². The SMILES string of the molecule is CCC(CC)CC(Cc1c(C)nn(C)c1C)NN. The Morgan fingerprint density at radius 3 is 2.28 bits per heavy atom. The van der Waals surface area contributed by atoms with E-state index in [1.807, 2.05) is 11.7 Å². The zero-order chi connectivity index (χ0) is 13.7. The molecule has 4 heteroatoms. The van der Waals surface area contributed by atoms with Crippen molar-refractivity contribution in [3.05, 3.63) is 17.0 Å². The first-order chi connectivity index (χ1) is 8.53. The van der Waals surface area contributed by atoms with E-state index in [0.29, 0.717) is 6.04 Å².